The average molecular weight is 379 g/mol. The molecule has 25 heavy (non-hydrogen) atoms. The van der Waals surface area contributed by atoms with Crippen molar-refractivity contribution in [2.45, 2.75) is 19.8 Å². The Labute approximate surface area is 157 Å². The molecule has 7 heteroatoms. The molecule has 1 aromatic carbocycles. The molecule has 0 spiro atoms. The lowest BCUT2D eigenvalue weighted by Crippen LogP contribution is -2.32. The van der Waals surface area contributed by atoms with Crippen LogP contribution in [0.3, 0.4) is 0 Å². The van der Waals surface area contributed by atoms with Gasteiger partial charge in [-0.3, -0.25) is 4.79 Å². The van der Waals surface area contributed by atoms with E-state index in [0.29, 0.717) is 17.1 Å². The Morgan fingerprint density at radius 3 is 2.88 bits per heavy atom. The van der Waals surface area contributed by atoms with Crippen LogP contribution in [0.1, 0.15) is 18.5 Å². The van der Waals surface area contributed by atoms with Crippen LogP contribution in [0.25, 0.3) is 0 Å². The van der Waals surface area contributed by atoms with Crippen molar-refractivity contribution in [3.63, 3.8) is 0 Å². The maximum atomic E-state index is 12.2. The van der Waals surface area contributed by atoms with Gasteiger partial charge < -0.3 is 15.1 Å². The van der Waals surface area contributed by atoms with Crippen LogP contribution in [-0.4, -0.2) is 48.5 Å². The normalized spacial score (nSPS) is 15.8. The van der Waals surface area contributed by atoms with Gasteiger partial charge in [0.1, 0.15) is 0 Å². The quantitative estimate of drug-likeness (QED) is 0.862. The standard InChI is InChI=1S/C18H23ClN4OS/c1-14-13-25-18(20-14)23-9-4-8-22(11-12-23)10-7-17(24)21-16-6-3-2-5-15(16)19/h2-3,5-6,13H,4,7-12H2,1H3,(H,21,24). The number of nitrogens with zero attached hydrogens (tertiary/aromatic N) is 3. The number of amides is 1. The third kappa shape index (κ3) is 5.17. The second-order valence-corrected chi connectivity index (χ2v) is 7.48. The van der Waals surface area contributed by atoms with E-state index in [0.717, 1.165) is 50.0 Å². The molecular weight excluding hydrogens is 356 g/mol. The molecule has 134 valence electrons. The van der Waals surface area contributed by atoms with E-state index < -0.39 is 0 Å². The Kier molecular flexibility index (Phi) is 6.29. The third-order valence-corrected chi connectivity index (χ3v) is 5.62. The highest BCUT2D eigenvalue weighted by Gasteiger charge is 2.17. The highest BCUT2D eigenvalue weighted by atomic mass is 35.5. The lowest BCUT2D eigenvalue weighted by Gasteiger charge is -2.21. The maximum absolute atomic E-state index is 12.2. The summed E-state index contributed by atoms with van der Waals surface area (Å²) in [5.74, 6) is 0.00440. The molecule has 0 bridgehead atoms. The number of aryl methyl sites for hydroxylation is 1. The van der Waals surface area contributed by atoms with E-state index in [1.165, 1.54) is 0 Å². The van der Waals surface area contributed by atoms with E-state index in [1.54, 1.807) is 17.4 Å². The van der Waals surface area contributed by atoms with Crippen LogP contribution >= 0.6 is 22.9 Å². The smallest absolute Gasteiger partial charge is 0.225 e. The highest BCUT2D eigenvalue weighted by Crippen LogP contribution is 2.22. The van der Waals surface area contributed by atoms with Crippen molar-refractivity contribution in [2.75, 3.05) is 42.9 Å². The van der Waals surface area contributed by atoms with Gasteiger partial charge in [-0.1, -0.05) is 23.7 Å². The average Bonchev–Trinajstić information content (AvgIpc) is 2.89. The van der Waals surface area contributed by atoms with Crippen molar-refractivity contribution >= 4 is 39.7 Å². The summed E-state index contributed by atoms with van der Waals surface area (Å²) in [7, 11) is 0. The number of hydrogen-bond acceptors (Lipinski definition) is 5. The molecule has 1 fully saturated rings. The van der Waals surface area contributed by atoms with Crippen molar-refractivity contribution in [2.24, 2.45) is 0 Å². The maximum Gasteiger partial charge on any atom is 0.225 e. The Balaban J connectivity index is 1.46. The molecule has 2 aromatic rings. The van der Waals surface area contributed by atoms with Crippen molar-refractivity contribution in [3.8, 4) is 0 Å². The zero-order chi connectivity index (χ0) is 17.6. The third-order valence-electron chi connectivity index (χ3n) is 4.27. The van der Waals surface area contributed by atoms with Gasteiger partial charge in [-0.2, -0.15) is 0 Å². The number of carbonyl (C=O) groups excluding carboxylic acids is 1. The number of halogens is 1. The molecule has 0 aliphatic carbocycles. The summed E-state index contributed by atoms with van der Waals surface area (Å²) < 4.78 is 0. The van der Waals surface area contributed by atoms with Crippen LogP contribution in [0.2, 0.25) is 5.02 Å². The van der Waals surface area contributed by atoms with E-state index >= 15 is 0 Å². The second-order valence-electron chi connectivity index (χ2n) is 6.23. The number of aromatic nitrogens is 1. The molecule has 3 rings (SSSR count). The fraction of sp³-hybridized carbons (Fsp3) is 0.444. The summed E-state index contributed by atoms with van der Waals surface area (Å²) in [4.78, 5) is 21.4. The first-order chi connectivity index (χ1) is 12.1. The molecule has 0 atom stereocenters. The molecule has 0 unspecified atom stereocenters. The van der Waals surface area contributed by atoms with Crippen LogP contribution in [0.4, 0.5) is 10.8 Å². The summed E-state index contributed by atoms with van der Waals surface area (Å²) in [5.41, 5.74) is 1.76. The molecule has 0 saturated carbocycles. The predicted molar refractivity (Wildman–Crippen MR) is 105 cm³/mol. The summed E-state index contributed by atoms with van der Waals surface area (Å²) in [6.45, 7) is 6.75. The van der Waals surface area contributed by atoms with E-state index in [1.807, 2.05) is 25.1 Å². The first kappa shape index (κ1) is 18.2. The molecule has 1 amide bonds. The summed E-state index contributed by atoms with van der Waals surface area (Å²) >= 11 is 7.79. The molecular formula is C18H23ClN4OS. The van der Waals surface area contributed by atoms with Crippen molar-refractivity contribution < 1.29 is 4.79 Å². The fourth-order valence-corrected chi connectivity index (χ4v) is 3.95. The van der Waals surface area contributed by atoms with Gasteiger partial charge in [-0.15, -0.1) is 11.3 Å². The SMILES string of the molecule is Cc1csc(N2CCCN(CCC(=O)Nc3ccccc3Cl)CC2)n1. The molecule has 1 N–H and O–H groups in total. The topological polar surface area (TPSA) is 48.5 Å². The Morgan fingerprint density at radius 2 is 2.12 bits per heavy atom. The molecule has 1 aliphatic rings. The van der Waals surface area contributed by atoms with Gasteiger partial charge in [0.25, 0.3) is 0 Å². The van der Waals surface area contributed by atoms with Crippen LogP contribution in [0.5, 0.6) is 0 Å². The lowest BCUT2D eigenvalue weighted by molar-refractivity contribution is -0.116. The van der Waals surface area contributed by atoms with Crippen molar-refractivity contribution in [1.29, 1.82) is 0 Å². The Morgan fingerprint density at radius 1 is 1.28 bits per heavy atom. The van der Waals surface area contributed by atoms with E-state index in [2.05, 4.69) is 25.5 Å². The van der Waals surface area contributed by atoms with E-state index in [-0.39, 0.29) is 5.91 Å². The van der Waals surface area contributed by atoms with Crippen molar-refractivity contribution in [3.05, 3.63) is 40.4 Å². The zero-order valence-corrected chi connectivity index (χ0v) is 15.9. The first-order valence-electron chi connectivity index (χ1n) is 8.55. The van der Waals surface area contributed by atoms with Crippen LogP contribution in [-0.2, 0) is 4.79 Å². The summed E-state index contributed by atoms with van der Waals surface area (Å²) in [6, 6.07) is 7.32. The Hall–Kier alpha value is -1.63. The number of hydrogen-bond donors (Lipinski definition) is 1. The molecule has 2 heterocycles. The minimum Gasteiger partial charge on any atom is -0.347 e. The largest absolute Gasteiger partial charge is 0.347 e. The van der Waals surface area contributed by atoms with Gasteiger partial charge in [0.15, 0.2) is 5.13 Å². The fourth-order valence-electron chi connectivity index (χ4n) is 2.91. The number of benzene rings is 1. The number of carbonyl (C=O) groups is 1. The monoisotopic (exact) mass is 378 g/mol. The number of anilines is 2. The van der Waals surface area contributed by atoms with Gasteiger partial charge in [0.05, 0.1) is 16.4 Å². The molecule has 5 nitrogen and oxygen atoms in total. The molecule has 1 aromatic heterocycles. The van der Waals surface area contributed by atoms with E-state index in [4.69, 9.17) is 11.6 Å². The first-order valence-corrected chi connectivity index (χ1v) is 9.81. The Bertz CT molecular complexity index is 721. The predicted octanol–water partition coefficient (Wildman–Crippen LogP) is 3.65. The van der Waals surface area contributed by atoms with Crippen molar-refractivity contribution in [1.82, 2.24) is 9.88 Å². The molecule has 1 saturated heterocycles. The zero-order valence-electron chi connectivity index (χ0n) is 14.4. The van der Waals surface area contributed by atoms with Gasteiger partial charge in [0.2, 0.25) is 5.91 Å². The van der Waals surface area contributed by atoms with Crippen LogP contribution < -0.4 is 10.2 Å². The highest BCUT2D eigenvalue weighted by molar-refractivity contribution is 7.13. The minimum atomic E-state index is 0.00440. The molecule has 1 aliphatic heterocycles. The van der Waals surface area contributed by atoms with Crippen LogP contribution in [0, 0.1) is 6.92 Å². The van der Waals surface area contributed by atoms with Crippen LogP contribution in [0.15, 0.2) is 29.6 Å². The lowest BCUT2D eigenvalue weighted by atomic mass is 10.3. The number of nitrogens with one attached hydrogen (secondary N) is 1. The van der Waals surface area contributed by atoms with E-state index in [9.17, 15) is 4.79 Å². The molecule has 0 radical (unpaired) electrons. The van der Waals surface area contributed by atoms with Gasteiger partial charge in [-0.05, 0) is 32.0 Å². The number of para-hydroxylation sites is 1. The second kappa shape index (κ2) is 8.65. The minimum absolute atomic E-state index is 0.00440. The van der Waals surface area contributed by atoms with Gasteiger partial charge >= 0.3 is 0 Å². The number of rotatable bonds is 5. The number of thiazole rings is 1. The summed E-state index contributed by atoms with van der Waals surface area (Å²) in [6.07, 6.45) is 1.56. The van der Waals surface area contributed by atoms with Gasteiger partial charge in [-0.25, -0.2) is 4.98 Å². The van der Waals surface area contributed by atoms with Gasteiger partial charge in [0, 0.05) is 38.0 Å². The summed E-state index contributed by atoms with van der Waals surface area (Å²) in [5, 5.41) is 6.66.